The second kappa shape index (κ2) is 5.88. The number of hydrogen-bond donors (Lipinski definition) is 0. The second-order valence-electron chi connectivity index (χ2n) is 4.42. The number of aromatic nitrogens is 2. The maximum Gasteiger partial charge on any atom is 0.197 e. The Morgan fingerprint density at radius 2 is 2.16 bits per heavy atom. The molecule has 0 saturated heterocycles. The largest absolute Gasteiger partial charge is 0.291 e. The third-order valence-corrected chi connectivity index (χ3v) is 4.40. The van der Waals surface area contributed by atoms with E-state index in [1.165, 1.54) is 11.3 Å². The highest BCUT2D eigenvalue weighted by molar-refractivity contribution is 7.18. The number of hydrogen-bond acceptors (Lipinski definition) is 3. The van der Waals surface area contributed by atoms with Crippen molar-refractivity contribution in [3.8, 4) is 0 Å². The normalized spacial score (nSPS) is 12.6. The van der Waals surface area contributed by atoms with Crippen molar-refractivity contribution in [3.63, 3.8) is 0 Å². The molecule has 0 aliphatic heterocycles. The first-order chi connectivity index (χ1) is 9.06. The van der Waals surface area contributed by atoms with E-state index in [2.05, 4.69) is 25.0 Å². The van der Waals surface area contributed by atoms with E-state index in [-0.39, 0.29) is 11.8 Å². The molecular formula is C14H17ClN2OS. The van der Waals surface area contributed by atoms with E-state index in [1.54, 1.807) is 12.1 Å². The summed E-state index contributed by atoms with van der Waals surface area (Å²) in [7, 11) is 0. The van der Waals surface area contributed by atoms with E-state index < -0.39 is 0 Å². The highest BCUT2D eigenvalue weighted by Crippen LogP contribution is 2.26. The summed E-state index contributed by atoms with van der Waals surface area (Å²) >= 11 is 7.20. The fourth-order valence-electron chi connectivity index (χ4n) is 2.03. The standard InChI is InChI=1S/C14H17ClN2OS/c1-4-10-8-11(5-2)17(16-10)9(3)14(18)12-6-7-13(15)19-12/h6-9H,4-5H2,1-3H3. The number of ketones is 1. The van der Waals surface area contributed by atoms with Crippen molar-refractivity contribution in [3.05, 3.63) is 38.8 Å². The summed E-state index contributed by atoms with van der Waals surface area (Å²) in [5, 5.41) is 4.52. The van der Waals surface area contributed by atoms with Gasteiger partial charge in [-0.2, -0.15) is 5.10 Å². The van der Waals surface area contributed by atoms with Crippen LogP contribution in [0.1, 0.15) is 47.9 Å². The molecule has 0 radical (unpaired) electrons. The topological polar surface area (TPSA) is 34.9 Å². The number of nitrogens with zero attached hydrogens (tertiary/aromatic N) is 2. The van der Waals surface area contributed by atoms with Gasteiger partial charge in [0.2, 0.25) is 0 Å². The first-order valence-corrected chi connectivity index (χ1v) is 7.63. The molecule has 1 atom stereocenters. The molecule has 5 heteroatoms. The third-order valence-electron chi connectivity index (χ3n) is 3.15. The molecule has 2 heterocycles. The van der Waals surface area contributed by atoms with E-state index in [0.29, 0.717) is 9.21 Å². The molecule has 0 N–H and O–H groups in total. The Morgan fingerprint density at radius 3 is 2.68 bits per heavy atom. The van der Waals surface area contributed by atoms with Crippen LogP contribution in [0.3, 0.4) is 0 Å². The van der Waals surface area contributed by atoms with Gasteiger partial charge in [0, 0.05) is 5.69 Å². The molecular weight excluding hydrogens is 280 g/mol. The van der Waals surface area contributed by atoms with Crippen LogP contribution < -0.4 is 0 Å². The minimum absolute atomic E-state index is 0.0670. The van der Waals surface area contributed by atoms with Crippen molar-refractivity contribution in [2.75, 3.05) is 0 Å². The van der Waals surface area contributed by atoms with Crippen molar-refractivity contribution in [2.24, 2.45) is 0 Å². The van der Waals surface area contributed by atoms with Gasteiger partial charge in [0.05, 0.1) is 14.9 Å². The summed E-state index contributed by atoms with van der Waals surface area (Å²) in [5.74, 6) is 0.0670. The van der Waals surface area contributed by atoms with Gasteiger partial charge < -0.3 is 0 Å². The fraction of sp³-hybridized carbons (Fsp3) is 0.429. The average molecular weight is 297 g/mol. The average Bonchev–Trinajstić information content (AvgIpc) is 3.02. The summed E-state index contributed by atoms with van der Waals surface area (Å²) in [6, 6.07) is 5.32. The maximum atomic E-state index is 12.4. The van der Waals surface area contributed by atoms with Gasteiger partial charge in [-0.25, -0.2) is 0 Å². The van der Waals surface area contributed by atoms with Crippen LogP contribution in [0.4, 0.5) is 0 Å². The van der Waals surface area contributed by atoms with Crippen LogP contribution in [0.2, 0.25) is 4.34 Å². The first kappa shape index (κ1) is 14.3. The Labute approximate surface area is 122 Å². The van der Waals surface area contributed by atoms with Gasteiger partial charge in [-0.3, -0.25) is 9.48 Å². The molecule has 0 fully saturated rings. The van der Waals surface area contributed by atoms with Crippen molar-refractivity contribution in [1.29, 1.82) is 0 Å². The van der Waals surface area contributed by atoms with Gasteiger partial charge in [0.1, 0.15) is 6.04 Å². The second-order valence-corrected chi connectivity index (χ2v) is 6.14. The van der Waals surface area contributed by atoms with E-state index in [4.69, 9.17) is 11.6 Å². The first-order valence-electron chi connectivity index (χ1n) is 6.43. The number of carbonyl (C=O) groups excluding carboxylic acids is 1. The van der Waals surface area contributed by atoms with Crippen molar-refractivity contribution in [1.82, 2.24) is 9.78 Å². The molecule has 19 heavy (non-hydrogen) atoms. The van der Waals surface area contributed by atoms with Crippen LogP contribution in [-0.2, 0) is 12.8 Å². The molecule has 0 aromatic carbocycles. The number of carbonyl (C=O) groups is 1. The van der Waals surface area contributed by atoms with Gasteiger partial charge in [0.25, 0.3) is 0 Å². The molecule has 0 bridgehead atoms. The lowest BCUT2D eigenvalue weighted by atomic mass is 10.1. The van der Waals surface area contributed by atoms with Gasteiger partial charge in [-0.15, -0.1) is 11.3 Å². The Balaban J connectivity index is 2.30. The summed E-state index contributed by atoms with van der Waals surface area (Å²) in [5.41, 5.74) is 2.13. The number of rotatable bonds is 5. The molecule has 2 aromatic heterocycles. The zero-order valence-corrected chi connectivity index (χ0v) is 12.9. The predicted octanol–water partition coefficient (Wildman–Crippen LogP) is 4.17. The van der Waals surface area contributed by atoms with Crippen LogP contribution in [0.15, 0.2) is 18.2 Å². The Hall–Kier alpha value is -1.13. The van der Waals surface area contributed by atoms with E-state index in [9.17, 15) is 4.79 Å². The predicted molar refractivity (Wildman–Crippen MR) is 79.4 cm³/mol. The van der Waals surface area contributed by atoms with Crippen molar-refractivity contribution >= 4 is 28.7 Å². The monoisotopic (exact) mass is 296 g/mol. The summed E-state index contributed by atoms with van der Waals surface area (Å²) in [6.45, 7) is 6.03. The fourth-order valence-corrected chi connectivity index (χ4v) is 3.09. The van der Waals surface area contributed by atoms with E-state index >= 15 is 0 Å². The van der Waals surface area contributed by atoms with Gasteiger partial charge in [0.15, 0.2) is 5.78 Å². The van der Waals surface area contributed by atoms with Crippen LogP contribution in [0, 0.1) is 0 Å². The van der Waals surface area contributed by atoms with E-state index in [1.807, 2.05) is 11.6 Å². The molecule has 3 nitrogen and oxygen atoms in total. The number of aryl methyl sites for hydroxylation is 2. The summed E-state index contributed by atoms with van der Waals surface area (Å²) < 4.78 is 2.48. The minimum atomic E-state index is -0.287. The van der Waals surface area contributed by atoms with Gasteiger partial charge >= 0.3 is 0 Å². The molecule has 0 saturated carbocycles. The third kappa shape index (κ3) is 2.90. The molecule has 0 spiro atoms. The number of halogens is 1. The molecule has 2 rings (SSSR count). The van der Waals surface area contributed by atoms with E-state index in [0.717, 1.165) is 24.2 Å². The Kier molecular flexibility index (Phi) is 4.42. The maximum absolute atomic E-state index is 12.4. The molecule has 102 valence electrons. The lowest BCUT2D eigenvalue weighted by Crippen LogP contribution is -2.19. The SMILES string of the molecule is CCc1cc(CC)n(C(C)C(=O)c2ccc(Cl)s2)n1. The van der Waals surface area contributed by atoms with Crippen LogP contribution in [-0.4, -0.2) is 15.6 Å². The molecule has 0 amide bonds. The van der Waals surface area contributed by atoms with Crippen molar-refractivity contribution < 1.29 is 4.79 Å². The lowest BCUT2D eigenvalue weighted by Gasteiger charge is -2.13. The molecule has 2 aromatic rings. The Morgan fingerprint density at radius 1 is 1.42 bits per heavy atom. The van der Waals surface area contributed by atoms with Gasteiger partial charge in [-0.05, 0) is 38.0 Å². The zero-order valence-electron chi connectivity index (χ0n) is 11.3. The number of Topliss-reactive ketones (excluding diaryl/α,β-unsaturated/α-hetero) is 1. The highest BCUT2D eigenvalue weighted by atomic mass is 35.5. The van der Waals surface area contributed by atoms with Crippen LogP contribution >= 0.6 is 22.9 Å². The lowest BCUT2D eigenvalue weighted by molar-refractivity contribution is 0.0930. The molecule has 0 aliphatic rings. The molecule has 1 unspecified atom stereocenters. The Bertz CT molecular complexity index is 588. The quantitative estimate of drug-likeness (QED) is 0.776. The minimum Gasteiger partial charge on any atom is -0.291 e. The number of thiophene rings is 1. The summed E-state index contributed by atoms with van der Waals surface area (Å²) in [6.07, 6.45) is 1.75. The summed E-state index contributed by atoms with van der Waals surface area (Å²) in [4.78, 5) is 13.1. The highest BCUT2D eigenvalue weighted by Gasteiger charge is 2.21. The van der Waals surface area contributed by atoms with Crippen LogP contribution in [0.5, 0.6) is 0 Å². The zero-order chi connectivity index (χ0) is 14.0. The molecule has 0 aliphatic carbocycles. The smallest absolute Gasteiger partial charge is 0.197 e. The van der Waals surface area contributed by atoms with Crippen LogP contribution in [0.25, 0.3) is 0 Å². The van der Waals surface area contributed by atoms with Gasteiger partial charge in [-0.1, -0.05) is 25.4 Å². The van der Waals surface area contributed by atoms with Crippen molar-refractivity contribution in [2.45, 2.75) is 39.7 Å².